The van der Waals surface area contributed by atoms with Crippen LogP contribution in [0.15, 0.2) is 58.8 Å². The fourth-order valence-corrected chi connectivity index (χ4v) is 5.60. The molecular formula is C20H18ClN3O3S2. The molecule has 0 spiro atoms. The first-order valence-electron chi connectivity index (χ1n) is 9.07. The lowest BCUT2D eigenvalue weighted by molar-refractivity contribution is 0.102. The largest absolute Gasteiger partial charge is 0.298 e. The zero-order chi connectivity index (χ0) is 20.4. The van der Waals surface area contributed by atoms with Gasteiger partial charge in [0.2, 0.25) is 10.0 Å². The normalized spacial score (nSPS) is 14.8. The monoisotopic (exact) mass is 447 g/mol. The number of hydrogen-bond donors (Lipinski definition) is 1. The number of carbonyl (C=O) groups excluding carboxylic acids is 1. The van der Waals surface area contributed by atoms with Crippen molar-refractivity contribution in [2.24, 2.45) is 0 Å². The van der Waals surface area contributed by atoms with Crippen LogP contribution >= 0.6 is 22.9 Å². The molecular weight excluding hydrogens is 430 g/mol. The number of sulfonamides is 1. The summed E-state index contributed by atoms with van der Waals surface area (Å²) >= 11 is 7.35. The third kappa shape index (κ3) is 4.20. The van der Waals surface area contributed by atoms with Crippen LogP contribution in [0.1, 0.15) is 23.2 Å². The SMILES string of the molecule is O=C(Nc1nc(-c2ccc(S(=O)(=O)N3CCCC3)cc2)cs1)c1ccccc1Cl. The van der Waals surface area contributed by atoms with Crippen LogP contribution in [0.3, 0.4) is 0 Å². The second kappa shape index (κ2) is 8.23. The number of rotatable bonds is 5. The van der Waals surface area contributed by atoms with Crippen LogP contribution in [0.4, 0.5) is 5.13 Å². The van der Waals surface area contributed by atoms with Crippen molar-refractivity contribution in [1.29, 1.82) is 0 Å². The van der Waals surface area contributed by atoms with Crippen molar-refractivity contribution >= 4 is 44.0 Å². The lowest BCUT2D eigenvalue weighted by Crippen LogP contribution is -2.27. The Kier molecular flexibility index (Phi) is 5.69. The minimum atomic E-state index is -3.44. The van der Waals surface area contributed by atoms with Gasteiger partial charge in [0.25, 0.3) is 5.91 Å². The van der Waals surface area contributed by atoms with E-state index >= 15 is 0 Å². The summed E-state index contributed by atoms with van der Waals surface area (Å²) in [6, 6.07) is 13.5. The number of carbonyl (C=O) groups is 1. The lowest BCUT2D eigenvalue weighted by Gasteiger charge is -2.15. The Hall–Kier alpha value is -2.26. The number of nitrogens with one attached hydrogen (secondary N) is 1. The van der Waals surface area contributed by atoms with Crippen LogP contribution in [0, 0.1) is 0 Å². The molecule has 1 aromatic heterocycles. The molecule has 3 aromatic rings. The molecule has 0 bridgehead atoms. The number of benzene rings is 2. The number of hydrogen-bond acceptors (Lipinski definition) is 5. The van der Waals surface area contributed by atoms with Gasteiger partial charge in [0.15, 0.2) is 5.13 Å². The van der Waals surface area contributed by atoms with E-state index in [0.717, 1.165) is 18.4 Å². The fourth-order valence-electron chi connectivity index (χ4n) is 3.15. The first-order chi connectivity index (χ1) is 13.9. The van der Waals surface area contributed by atoms with E-state index in [-0.39, 0.29) is 10.8 Å². The molecule has 1 saturated heterocycles. The predicted molar refractivity (Wildman–Crippen MR) is 115 cm³/mol. The highest BCUT2D eigenvalue weighted by atomic mass is 35.5. The molecule has 4 rings (SSSR count). The molecule has 2 aromatic carbocycles. The van der Waals surface area contributed by atoms with Crippen molar-refractivity contribution in [2.75, 3.05) is 18.4 Å². The number of thiazole rings is 1. The van der Waals surface area contributed by atoms with Gasteiger partial charge in [0.1, 0.15) is 0 Å². The van der Waals surface area contributed by atoms with Crippen molar-refractivity contribution in [3.63, 3.8) is 0 Å². The quantitative estimate of drug-likeness (QED) is 0.624. The molecule has 2 heterocycles. The molecule has 9 heteroatoms. The molecule has 1 fully saturated rings. The highest BCUT2D eigenvalue weighted by Gasteiger charge is 2.27. The van der Waals surface area contributed by atoms with Gasteiger partial charge in [-0.1, -0.05) is 35.9 Å². The summed E-state index contributed by atoms with van der Waals surface area (Å²) in [7, 11) is -3.44. The zero-order valence-corrected chi connectivity index (χ0v) is 17.7. The molecule has 1 aliphatic heterocycles. The molecule has 0 unspecified atom stereocenters. The van der Waals surface area contributed by atoms with Gasteiger partial charge in [-0.15, -0.1) is 11.3 Å². The van der Waals surface area contributed by atoms with E-state index in [9.17, 15) is 13.2 Å². The van der Waals surface area contributed by atoms with Crippen LogP contribution < -0.4 is 5.32 Å². The predicted octanol–water partition coefficient (Wildman–Crippen LogP) is 4.50. The highest BCUT2D eigenvalue weighted by molar-refractivity contribution is 7.89. The van der Waals surface area contributed by atoms with Gasteiger partial charge in [0, 0.05) is 24.0 Å². The number of anilines is 1. The van der Waals surface area contributed by atoms with Gasteiger partial charge in [-0.3, -0.25) is 10.1 Å². The molecule has 1 amide bonds. The minimum absolute atomic E-state index is 0.283. The average molecular weight is 448 g/mol. The number of aromatic nitrogens is 1. The van der Waals surface area contributed by atoms with Crippen LogP contribution in [-0.2, 0) is 10.0 Å². The Balaban J connectivity index is 1.49. The lowest BCUT2D eigenvalue weighted by atomic mass is 10.2. The summed E-state index contributed by atoms with van der Waals surface area (Å²) in [6.45, 7) is 1.15. The maximum atomic E-state index is 12.6. The van der Waals surface area contributed by atoms with E-state index in [0.29, 0.717) is 34.5 Å². The van der Waals surface area contributed by atoms with Gasteiger partial charge < -0.3 is 0 Å². The molecule has 0 radical (unpaired) electrons. The van der Waals surface area contributed by atoms with Gasteiger partial charge in [-0.05, 0) is 37.1 Å². The first kappa shape index (κ1) is 20.0. The summed E-state index contributed by atoms with van der Waals surface area (Å²) in [6.07, 6.45) is 1.80. The molecule has 0 saturated carbocycles. The highest BCUT2D eigenvalue weighted by Crippen LogP contribution is 2.28. The summed E-state index contributed by atoms with van der Waals surface area (Å²) in [5, 5.41) is 5.37. The minimum Gasteiger partial charge on any atom is -0.298 e. The third-order valence-corrected chi connectivity index (χ3v) is 7.70. The second-order valence-electron chi connectivity index (χ2n) is 6.61. The summed E-state index contributed by atoms with van der Waals surface area (Å²) in [5.41, 5.74) is 1.82. The summed E-state index contributed by atoms with van der Waals surface area (Å²) < 4.78 is 26.8. The van der Waals surface area contributed by atoms with E-state index in [1.54, 1.807) is 48.5 Å². The topological polar surface area (TPSA) is 79.4 Å². The van der Waals surface area contributed by atoms with Gasteiger partial charge in [-0.25, -0.2) is 13.4 Å². The Morgan fingerprint density at radius 1 is 1.07 bits per heavy atom. The fraction of sp³-hybridized carbons (Fsp3) is 0.200. The zero-order valence-electron chi connectivity index (χ0n) is 15.3. The van der Waals surface area contributed by atoms with Gasteiger partial charge >= 0.3 is 0 Å². The Bertz CT molecular complexity index is 1140. The maximum absolute atomic E-state index is 12.6. The number of nitrogens with zero attached hydrogens (tertiary/aromatic N) is 2. The number of amides is 1. The third-order valence-electron chi connectivity index (χ3n) is 4.70. The smallest absolute Gasteiger partial charge is 0.258 e. The molecule has 0 aliphatic carbocycles. The van der Waals surface area contributed by atoms with Crippen molar-refractivity contribution in [1.82, 2.24) is 9.29 Å². The first-order valence-corrected chi connectivity index (χ1v) is 11.8. The van der Waals surface area contributed by atoms with E-state index in [2.05, 4.69) is 10.3 Å². The van der Waals surface area contributed by atoms with E-state index < -0.39 is 10.0 Å². The van der Waals surface area contributed by atoms with Crippen molar-refractivity contribution in [3.05, 3.63) is 64.5 Å². The molecule has 6 nitrogen and oxygen atoms in total. The van der Waals surface area contributed by atoms with Crippen molar-refractivity contribution in [3.8, 4) is 11.3 Å². The second-order valence-corrected chi connectivity index (χ2v) is 9.81. The summed E-state index contributed by atoms with van der Waals surface area (Å²) in [5.74, 6) is -0.330. The number of halogens is 1. The van der Waals surface area contributed by atoms with E-state index in [1.165, 1.54) is 15.6 Å². The van der Waals surface area contributed by atoms with Crippen LogP contribution in [0.5, 0.6) is 0 Å². The van der Waals surface area contributed by atoms with E-state index in [4.69, 9.17) is 11.6 Å². The summed E-state index contributed by atoms with van der Waals surface area (Å²) in [4.78, 5) is 17.1. The van der Waals surface area contributed by atoms with Crippen LogP contribution in [0.2, 0.25) is 5.02 Å². The maximum Gasteiger partial charge on any atom is 0.258 e. The van der Waals surface area contributed by atoms with Crippen LogP contribution in [-0.4, -0.2) is 36.7 Å². The van der Waals surface area contributed by atoms with Gasteiger partial charge in [0.05, 0.1) is 21.2 Å². The van der Waals surface area contributed by atoms with E-state index in [1.807, 2.05) is 5.38 Å². The van der Waals surface area contributed by atoms with Crippen molar-refractivity contribution < 1.29 is 13.2 Å². The molecule has 1 aliphatic rings. The Morgan fingerprint density at radius 3 is 2.45 bits per heavy atom. The Labute approximate surface area is 178 Å². The van der Waals surface area contributed by atoms with Crippen LogP contribution in [0.25, 0.3) is 11.3 Å². The van der Waals surface area contributed by atoms with Crippen molar-refractivity contribution in [2.45, 2.75) is 17.7 Å². The molecule has 150 valence electrons. The average Bonchev–Trinajstić information content (AvgIpc) is 3.41. The standard InChI is InChI=1S/C20H18ClN3O3S2/c21-17-6-2-1-5-16(17)19(25)23-20-22-18(13-28-20)14-7-9-15(10-8-14)29(26,27)24-11-3-4-12-24/h1-2,5-10,13H,3-4,11-12H2,(H,22,23,25). The van der Waals surface area contributed by atoms with Gasteiger partial charge in [-0.2, -0.15) is 4.31 Å². The molecule has 29 heavy (non-hydrogen) atoms. The molecule has 1 N–H and O–H groups in total. The Morgan fingerprint density at radius 2 is 1.76 bits per heavy atom. The molecule has 0 atom stereocenters.